The van der Waals surface area contributed by atoms with E-state index in [0.717, 1.165) is 0 Å². The molecule has 0 unspecified atom stereocenters. The molecule has 56 valence electrons. The molecule has 0 saturated carbocycles. The number of methoxy groups -OCH3 is 1. The molecule has 0 saturated heterocycles. The predicted octanol–water partition coefficient (Wildman–Crippen LogP) is 1.45. The van der Waals surface area contributed by atoms with E-state index in [1.54, 1.807) is 7.11 Å². The number of ether oxygens (including phenoxy) is 2. The molecule has 0 amide bonds. The Kier molecular flexibility index (Phi) is 3.82. The summed E-state index contributed by atoms with van der Waals surface area (Å²) in [6, 6.07) is 0. The van der Waals surface area contributed by atoms with Crippen molar-refractivity contribution < 1.29 is 9.47 Å². The number of hydrogen-bond donors (Lipinski definition) is 0. The molecule has 0 N–H and O–H groups in total. The van der Waals surface area contributed by atoms with E-state index in [-0.39, 0.29) is 5.60 Å². The largest absolute Gasteiger partial charge is 0.382 e. The molecule has 0 heterocycles. The Morgan fingerprint density at radius 1 is 1.11 bits per heavy atom. The molecule has 0 bridgehead atoms. The molecular weight excluding hydrogens is 116 g/mol. The third-order valence-corrected chi connectivity index (χ3v) is 0.823. The lowest BCUT2D eigenvalue weighted by Crippen LogP contribution is -2.21. The van der Waals surface area contributed by atoms with Crippen molar-refractivity contribution in [1.82, 2.24) is 0 Å². The smallest absolute Gasteiger partial charge is 0.0707 e. The second kappa shape index (κ2) is 3.85. The van der Waals surface area contributed by atoms with Gasteiger partial charge in [0.25, 0.3) is 0 Å². The van der Waals surface area contributed by atoms with Crippen molar-refractivity contribution in [2.24, 2.45) is 0 Å². The summed E-state index contributed by atoms with van der Waals surface area (Å²) >= 11 is 0. The van der Waals surface area contributed by atoms with Crippen LogP contribution in [-0.4, -0.2) is 25.9 Å². The minimum atomic E-state index is -0.0292. The van der Waals surface area contributed by atoms with Crippen molar-refractivity contribution in [2.75, 3.05) is 20.3 Å². The molecule has 0 aliphatic rings. The van der Waals surface area contributed by atoms with Crippen molar-refractivity contribution in [2.45, 2.75) is 26.4 Å². The van der Waals surface area contributed by atoms with Gasteiger partial charge in [0.1, 0.15) is 0 Å². The van der Waals surface area contributed by atoms with Crippen molar-refractivity contribution in [3.05, 3.63) is 0 Å². The maximum absolute atomic E-state index is 5.34. The second-order valence-corrected chi connectivity index (χ2v) is 2.95. The number of hydrogen-bond acceptors (Lipinski definition) is 2. The van der Waals surface area contributed by atoms with Crippen LogP contribution in [0.15, 0.2) is 0 Å². The highest BCUT2D eigenvalue weighted by atomic mass is 16.5. The Morgan fingerprint density at radius 2 is 1.67 bits per heavy atom. The van der Waals surface area contributed by atoms with E-state index < -0.39 is 0 Å². The summed E-state index contributed by atoms with van der Waals surface area (Å²) < 4.78 is 10.2. The van der Waals surface area contributed by atoms with Crippen LogP contribution in [0.1, 0.15) is 20.8 Å². The first-order chi connectivity index (χ1) is 4.06. The van der Waals surface area contributed by atoms with E-state index in [1.165, 1.54) is 0 Å². The van der Waals surface area contributed by atoms with Crippen LogP contribution < -0.4 is 0 Å². The fourth-order valence-electron chi connectivity index (χ4n) is 0.431. The maximum atomic E-state index is 5.34. The molecular formula is C7H16O2. The van der Waals surface area contributed by atoms with Crippen LogP contribution in [0.25, 0.3) is 0 Å². The Morgan fingerprint density at radius 3 is 2.00 bits per heavy atom. The second-order valence-electron chi connectivity index (χ2n) is 2.95. The molecule has 0 rings (SSSR count). The maximum Gasteiger partial charge on any atom is 0.0707 e. The Bertz CT molecular complexity index is 63.8. The summed E-state index contributed by atoms with van der Waals surface area (Å²) in [7, 11) is 1.67. The zero-order valence-corrected chi connectivity index (χ0v) is 6.73. The third kappa shape index (κ3) is 7.92. The van der Waals surface area contributed by atoms with E-state index in [1.807, 2.05) is 20.8 Å². The van der Waals surface area contributed by atoms with Crippen molar-refractivity contribution in [1.29, 1.82) is 0 Å². The number of rotatable bonds is 3. The molecule has 0 aliphatic carbocycles. The van der Waals surface area contributed by atoms with Gasteiger partial charge in [-0.3, -0.25) is 0 Å². The van der Waals surface area contributed by atoms with E-state index in [9.17, 15) is 0 Å². The first-order valence-corrected chi connectivity index (χ1v) is 3.19. The van der Waals surface area contributed by atoms with Gasteiger partial charge in [-0.2, -0.15) is 0 Å². The lowest BCUT2D eigenvalue weighted by molar-refractivity contribution is -0.0270. The summed E-state index contributed by atoms with van der Waals surface area (Å²) in [5.74, 6) is 0. The van der Waals surface area contributed by atoms with Gasteiger partial charge in [0.05, 0.1) is 18.8 Å². The van der Waals surface area contributed by atoms with Gasteiger partial charge in [-0.25, -0.2) is 0 Å². The van der Waals surface area contributed by atoms with Gasteiger partial charge in [0.2, 0.25) is 0 Å². The monoisotopic (exact) mass is 132 g/mol. The van der Waals surface area contributed by atoms with Gasteiger partial charge in [-0.1, -0.05) is 0 Å². The average Bonchev–Trinajstić information content (AvgIpc) is 1.63. The average molecular weight is 132 g/mol. The first-order valence-electron chi connectivity index (χ1n) is 3.19. The van der Waals surface area contributed by atoms with Gasteiger partial charge in [-0.15, -0.1) is 0 Å². The highest BCUT2D eigenvalue weighted by molar-refractivity contribution is 4.57. The van der Waals surface area contributed by atoms with Crippen molar-refractivity contribution >= 4 is 0 Å². The van der Waals surface area contributed by atoms with Gasteiger partial charge in [0, 0.05) is 7.11 Å². The molecule has 0 aromatic carbocycles. The van der Waals surface area contributed by atoms with E-state index >= 15 is 0 Å². The zero-order valence-electron chi connectivity index (χ0n) is 6.73. The Labute approximate surface area is 57.2 Å². The first kappa shape index (κ1) is 8.92. The van der Waals surface area contributed by atoms with Gasteiger partial charge >= 0.3 is 0 Å². The Hall–Kier alpha value is -0.0800. The van der Waals surface area contributed by atoms with Crippen LogP contribution in [0.4, 0.5) is 0 Å². The molecule has 0 fully saturated rings. The van der Waals surface area contributed by atoms with Crippen LogP contribution in [-0.2, 0) is 9.47 Å². The Balaban J connectivity index is 3.07. The molecule has 2 nitrogen and oxygen atoms in total. The molecule has 0 aromatic rings. The lowest BCUT2D eigenvalue weighted by Gasteiger charge is -2.18. The summed E-state index contributed by atoms with van der Waals surface area (Å²) in [4.78, 5) is 0. The lowest BCUT2D eigenvalue weighted by atomic mass is 10.2. The van der Waals surface area contributed by atoms with Crippen molar-refractivity contribution in [3.63, 3.8) is 0 Å². The van der Waals surface area contributed by atoms with Crippen molar-refractivity contribution in [3.8, 4) is 0 Å². The van der Waals surface area contributed by atoms with Crippen LogP contribution in [0.2, 0.25) is 0 Å². The molecule has 0 aliphatic heterocycles. The molecule has 2 heteroatoms. The van der Waals surface area contributed by atoms with Gasteiger partial charge in [0.15, 0.2) is 0 Å². The minimum Gasteiger partial charge on any atom is -0.382 e. The van der Waals surface area contributed by atoms with Gasteiger partial charge < -0.3 is 9.47 Å². The van der Waals surface area contributed by atoms with E-state index in [0.29, 0.717) is 13.2 Å². The quantitative estimate of drug-likeness (QED) is 0.541. The standard InChI is InChI=1S/C7H16O2/c1-7(2,3)9-6-5-8-4/h5-6H2,1-4H3. The highest BCUT2D eigenvalue weighted by Crippen LogP contribution is 2.05. The highest BCUT2D eigenvalue weighted by Gasteiger charge is 2.08. The summed E-state index contributed by atoms with van der Waals surface area (Å²) in [6.07, 6.45) is 0. The van der Waals surface area contributed by atoms with Crippen LogP contribution in [0, 0.1) is 0 Å². The summed E-state index contributed by atoms with van der Waals surface area (Å²) in [6.45, 7) is 7.45. The fourth-order valence-corrected chi connectivity index (χ4v) is 0.431. The van der Waals surface area contributed by atoms with Gasteiger partial charge in [-0.05, 0) is 20.8 Å². The third-order valence-electron chi connectivity index (χ3n) is 0.823. The summed E-state index contributed by atoms with van der Waals surface area (Å²) in [5, 5.41) is 0. The van der Waals surface area contributed by atoms with Crippen LogP contribution in [0.5, 0.6) is 0 Å². The minimum absolute atomic E-state index is 0.0292. The normalized spacial score (nSPS) is 12.0. The molecule has 9 heavy (non-hydrogen) atoms. The van der Waals surface area contributed by atoms with E-state index in [2.05, 4.69) is 0 Å². The molecule has 0 spiro atoms. The zero-order chi connectivity index (χ0) is 7.33. The SMILES string of the molecule is COCCOC(C)(C)C. The molecule has 0 radical (unpaired) electrons. The fraction of sp³-hybridized carbons (Fsp3) is 1.00. The van der Waals surface area contributed by atoms with Crippen LogP contribution >= 0.6 is 0 Å². The topological polar surface area (TPSA) is 18.5 Å². The molecule has 0 atom stereocenters. The van der Waals surface area contributed by atoms with E-state index in [4.69, 9.17) is 9.47 Å². The summed E-state index contributed by atoms with van der Waals surface area (Å²) in [5.41, 5.74) is -0.0292. The van der Waals surface area contributed by atoms with Crippen LogP contribution in [0.3, 0.4) is 0 Å². The molecule has 0 aromatic heterocycles. The predicted molar refractivity (Wildman–Crippen MR) is 37.6 cm³/mol.